The summed E-state index contributed by atoms with van der Waals surface area (Å²) < 4.78 is 0. The van der Waals surface area contributed by atoms with Gasteiger partial charge in [0.25, 0.3) is 0 Å². The Morgan fingerprint density at radius 3 is 2.82 bits per heavy atom. The summed E-state index contributed by atoms with van der Waals surface area (Å²) in [5.41, 5.74) is 9.60. The van der Waals surface area contributed by atoms with E-state index in [1.165, 1.54) is 4.88 Å². The summed E-state index contributed by atoms with van der Waals surface area (Å²) in [5.74, 6) is 1.49. The Kier molecular flexibility index (Phi) is 3.96. The molecule has 0 aromatic carbocycles. The van der Waals surface area contributed by atoms with Crippen LogP contribution in [0.5, 0.6) is 0 Å². The highest BCUT2D eigenvalue weighted by Gasteiger charge is 2.04. The van der Waals surface area contributed by atoms with E-state index < -0.39 is 0 Å². The fourth-order valence-electron chi connectivity index (χ4n) is 1.43. The minimum atomic E-state index is 0.536. The van der Waals surface area contributed by atoms with E-state index in [1.54, 1.807) is 29.2 Å². The van der Waals surface area contributed by atoms with E-state index in [1.807, 2.05) is 19.4 Å². The predicted octanol–water partition coefficient (Wildman–Crippen LogP) is 2.47. The standard InChI is InChI=1S/C11H14N4S2/c1-7-5-10(12)15-11(14-7)16-4-3-9-8(2)13-6-17-9/h5-6H,3-4H2,1-2H3,(H2,12,14,15). The van der Waals surface area contributed by atoms with E-state index in [2.05, 4.69) is 15.0 Å². The number of anilines is 1. The first kappa shape index (κ1) is 12.3. The van der Waals surface area contributed by atoms with E-state index in [-0.39, 0.29) is 0 Å². The Hall–Kier alpha value is -1.14. The van der Waals surface area contributed by atoms with Crippen molar-refractivity contribution in [1.82, 2.24) is 15.0 Å². The highest BCUT2D eigenvalue weighted by Crippen LogP contribution is 2.19. The van der Waals surface area contributed by atoms with E-state index in [0.29, 0.717) is 5.82 Å². The van der Waals surface area contributed by atoms with Crippen LogP contribution in [0, 0.1) is 13.8 Å². The molecule has 0 saturated carbocycles. The quantitative estimate of drug-likeness (QED) is 0.680. The first-order valence-electron chi connectivity index (χ1n) is 5.28. The normalized spacial score (nSPS) is 10.7. The van der Waals surface area contributed by atoms with Gasteiger partial charge in [-0.15, -0.1) is 11.3 Å². The zero-order valence-corrected chi connectivity index (χ0v) is 11.4. The summed E-state index contributed by atoms with van der Waals surface area (Å²) in [4.78, 5) is 14.1. The molecule has 0 aliphatic carbocycles. The van der Waals surface area contributed by atoms with Crippen molar-refractivity contribution in [3.05, 3.63) is 27.8 Å². The van der Waals surface area contributed by atoms with Gasteiger partial charge in [-0.1, -0.05) is 11.8 Å². The van der Waals surface area contributed by atoms with Gasteiger partial charge in [0.1, 0.15) is 5.82 Å². The molecule has 0 aliphatic heterocycles. The highest BCUT2D eigenvalue weighted by molar-refractivity contribution is 7.99. The second-order valence-electron chi connectivity index (χ2n) is 3.68. The first-order valence-corrected chi connectivity index (χ1v) is 7.14. The number of aromatic nitrogens is 3. The van der Waals surface area contributed by atoms with Gasteiger partial charge < -0.3 is 5.73 Å². The lowest BCUT2D eigenvalue weighted by atomic mass is 10.3. The molecule has 4 nitrogen and oxygen atoms in total. The van der Waals surface area contributed by atoms with Gasteiger partial charge in [-0.05, 0) is 20.3 Å². The Morgan fingerprint density at radius 1 is 1.35 bits per heavy atom. The molecule has 2 heterocycles. The fraction of sp³-hybridized carbons (Fsp3) is 0.364. The van der Waals surface area contributed by atoms with Crippen molar-refractivity contribution in [2.24, 2.45) is 0 Å². The molecular formula is C11H14N4S2. The molecule has 0 spiro atoms. The van der Waals surface area contributed by atoms with Crippen molar-refractivity contribution in [1.29, 1.82) is 0 Å². The number of rotatable bonds is 4. The number of hydrogen-bond acceptors (Lipinski definition) is 6. The molecule has 2 aromatic heterocycles. The molecular weight excluding hydrogens is 252 g/mol. The zero-order chi connectivity index (χ0) is 12.3. The molecule has 2 rings (SSSR count). The van der Waals surface area contributed by atoms with E-state index in [0.717, 1.165) is 28.7 Å². The Bertz CT molecular complexity index is 490. The van der Waals surface area contributed by atoms with Gasteiger partial charge in [-0.3, -0.25) is 0 Å². The molecule has 0 radical (unpaired) electrons. The number of nitrogens with two attached hydrogens (primary N) is 1. The number of thiazole rings is 1. The van der Waals surface area contributed by atoms with Crippen molar-refractivity contribution in [2.75, 3.05) is 11.5 Å². The summed E-state index contributed by atoms with van der Waals surface area (Å²) in [6.45, 7) is 3.97. The molecule has 0 fully saturated rings. The number of nitrogens with zero attached hydrogens (tertiary/aromatic N) is 3. The smallest absolute Gasteiger partial charge is 0.189 e. The molecule has 17 heavy (non-hydrogen) atoms. The average Bonchev–Trinajstić information content (AvgIpc) is 2.63. The van der Waals surface area contributed by atoms with E-state index in [9.17, 15) is 0 Å². The second-order valence-corrected chi connectivity index (χ2v) is 5.68. The zero-order valence-electron chi connectivity index (χ0n) is 9.80. The van der Waals surface area contributed by atoms with E-state index >= 15 is 0 Å². The Balaban J connectivity index is 1.92. The van der Waals surface area contributed by atoms with Crippen LogP contribution in [0.15, 0.2) is 16.7 Å². The maximum absolute atomic E-state index is 5.68. The minimum absolute atomic E-state index is 0.536. The summed E-state index contributed by atoms with van der Waals surface area (Å²) in [6, 6.07) is 1.78. The third-order valence-corrected chi connectivity index (χ3v) is 4.10. The van der Waals surface area contributed by atoms with Crippen LogP contribution < -0.4 is 5.73 Å². The van der Waals surface area contributed by atoms with Crippen molar-refractivity contribution < 1.29 is 0 Å². The number of nitrogen functional groups attached to an aromatic ring is 1. The predicted molar refractivity (Wildman–Crippen MR) is 72.5 cm³/mol. The van der Waals surface area contributed by atoms with Crippen LogP contribution in [-0.4, -0.2) is 20.7 Å². The molecule has 0 bridgehead atoms. The van der Waals surface area contributed by atoms with Crippen LogP contribution in [0.4, 0.5) is 5.82 Å². The molecule has 2 aromatic rings. The summed E-state index contributed by atoms with van der Waals surface area (Å²) >= 11 is 3.33. The van der Waals surface area contributed by atoms with Crippen molar-refractivity contribution >= 4 is 28.9 Å². The molecule has 90 valence electrons. The molecule has 0 atom stereocenters. The van der Waals surface area contributed by atoms with Gasteiger partial charge in [0, 0.05) is 22.4 Å². The Morgan fingerprint density at radius 2 is 2.18 bits per heavy atom. The molecule has 0 amide bonds. The third kappa shape index (κ3) is 3.41. The van der Waals surface area contributed by atoms with Crippen molar-refractivity contribution in [3.8, 4) is 0 Å². The highest BCUT2D eigenvalue weighted by atomic mass is 32.2. The van der Waals surface area contributed by atoms with Gasteiger partial charge in [0.05, 0.1) is 11.2 Å². The Labute approximate surface area is 109 Å². The maximum atomic E-state index is 5.68. The number of hydrogen-bond donors (Lipinski definition) is 1. The topological polar surface area (TPSA) is 64.7 Å². The third-order valence-electron chi connectivity index (χ3n) is 2.26. The van der Waals surface area contributed by atoms with Crippen LogP contribution in [0.1, 0.15) is 16.3 Å². The van der Waals surface area contributed by atoms with Crippen LogP contribution in [0.25, 0.3) is 0 Å². The van der Waals surface area contributed by atoms with Crippen LogP contribution in [0.3, 0.4) is 0 Å². The van der Waals surface area contributed by atoms with Gasteiger partial charge in [0.2, 0.25) is 0 Å². The lowest BCUT2D eigenvalue weighted by Gasteiger charge is -2.02. The lowest BCUT2D eigenvalue weighted by Crippen LogP contribution is -1.97. The lowest BCUT2D eigenvalue weighted by molar-refractivity contribution is 0.938. The molecule has 0 unspecified atom stereocenters. The molecule has 6 heteroatoms. The van der Waals surface area contributed by atoms with Gasteiger partial charge in [-0.2, -0.15) is 0 Å². The number of thioether (sulfide) groups is 1. The monoisotopic (exact) mass is 266 g/mol. The molecule has 2 N–H and O–H groups in total. The van der Waals surface area contributed by atoms with Crippen molar-refractivity contribution in [2.45, 2.75) is 25.4 Å². The summed E-state index contributed by atoms with van der Waals surface area (Å²) in [5, 5.41) is 0.754. The first-order chi connectivity index (χ1) is 8.15. The van der Waals surface area contributed by atoms with Gasteiger partial charge >= 0.3 is 0 Å². The van der Waals surface area contributed by atoms with Crippen LogP contribution in [-0.2, 0) is 6.42 Å². The molecule has 0 aliphatic rings. The van der Waals surface area contributed by atoms with E-state index in [4.69, 9.17) is 5.73 Å². The van der Waals surface area contributed by atoms with Gasteiger partial charge in [0.15, 0.2) is 5.16 Å². The fourth-order valence-corrected chi connectivity index (χ4v) is 3.21. The van der Waals surface area contributed by atoms with Crippen LogP contribution >= 0.6 is 23.1 Å². The number of aryl methyl sites for hydroxylation is 3. The largest absolute Gasteiger partial charge is 0.384 e. The maximum Gasteiger partial charge on any atom is 0.189 e. The van der Waals surface area contributed by atoms with Crippen molar-refractivity contribution in [3.63, 3.8) is 0 Å². The average molecular weight is 266 g/mol. The second kappa shape index (κ2) is 5.46. The summed E-state index contributed by atoms with van der Waals surface area (Å²) in [6.07, 6.45) is 0.998. The summed E-state index contributed by atoms with van der Waals surface area (Å²) in [7, 11) is 0. The van der Waals surface area contributed by atoms with Gasteiger partial charge in [-0.25, -0.2) is 15.0 Å². The molecule has 0 saturated heterocycles. The van der Waals surface area contributed by atoms with Crippen LogP contribution in [0.2, 0.25) is 0 Å². The SMILES string of the molecule is Cc1cc(N)nc(SCCc2scnc2C)n1. The minimum Gasteiger partial charge on any atom is -0.384 e.